The maximum atomic E-state index is 12.8. The summed E-state index contributed by atoms with van der Waals surface area (Å²) in [5.41, 5.74) is 3.34. The van der Waals surface area contributed by atoms with Gasteiger partial charge in [0.15, 0.2) is 10.9 Å². The molecular formula is C21H22N4O6S. The van der Waals surface area contributed by atoms with Crippen LogP contribution >= 0.6 is 12.2 Å². The van der Waals surface area contributed by atoms with Crippen LogP contribution in [0.3, 0.4) is 0 Å². The largest absolute Gasteiger partial charge is 0.462 e. The van der Waals surface area contributed by atoms with Crippen molar-refractivity contribution in [1.82, 2.24) is 15.3 Å². The summed E-state index contributed by atoms with van der Waals surface area (Å²) in [6.07, 6.45) is 1.09. The molecule has 0 saturated carbocycles. The maximum absolute atomic E-state index is 12.8. The fourth-order valence-corrected chi connectivity index (χ4v) is 3.50. The molecule has 3 amide bonds. The molecule has 11 heteroatoms. The van der Waals surface area contributed by atoms with E-state index in [0.717, 1.165) is 0 Å². The molecule has 0 aliphatic carbocycles. The number of amides is 3. The average molecular weight is 458 g/mol. The second kappa shape index (κ2) is 10.1. The van der Waals surface area contributed by atoms with Gasteiger partial charge >= 0.3 is 11.9 Å². The highest BCUT2D eigenvalue weighted by molar-refractivity contribution is 7.80. The van der Waals surface area contributed by atoms with E-state index in [-0.39, 0.29) is 30.4 Å². The van der Waals surface area contributed by atoms with Gasteiger partial charge in [0.1, 0.15) is 6.04 Å². The van der Waals surface area contributed by atoms with E-state index in [1.807, 2.05) is 0 Å². The second-order valence-corrected chi connectivity index (χ2v) is 7.08. The van der Waals surface area contributed by atoms with Crippen molar-refractivity contribution in [1.29, 1.82) is 0 Å². The van der Waals surface area contributed by atoms with Crippen molar-refractivity contribution >= 4 is 46.7 Å². The molecule has 0 spiro atoms. The van der Waals surface area contributed by atoms with E-state index in [1.54, 1.807) is 32.0 Å². The number of carbonyl (C=O) groups is 4. The number of hydrogen-bond donors (Lipinski definition) is 2. The molecule has 10 nitrogen and oxygen atoms in total. The van der Waals surface area contributed by atoms with Crippen LogP contribution in [0.1, 0.15) is 41.2 Å². The van der Waals surface area contributed by atoms with Crippen molar-refractivity contribution < 1.29 is 28.3 Å². The first-order valence-electron chi connectivity index (χ1n) is 9.91. The number of nitrogens with zero attached hydrogens (tertiary/aromatic N) is 2. The van der Waals surface area contributed by atoms with Gasteiger partial charge in [0.05, 0.1) is 24.9 Å². The molecule has 0 radical (unpaired) electrons. The summed E-state index contributed by atoms with van der Waals surface area (Å²) in [6, 6.07) is 8.17. The Bertz CT molecular complexity index is 1020. The predicted molar refractivity (Wildman–Crippen MR) is 117 cm³/mol. The Hall–Kier alpha value is -3.73. The van der Waals surface area contributed by atoms with Gasteiger partial charge in [0, 0.05) is 12.2 Å². The number of anilines is 1. The second-order valence-electron chi connectivity index (χ2n) is 6.72. The molecule has 2 heterocycles. The number of rotatable bonds is 8. The number of thiocarbonyl (C=S) groups is 1. The number of nitrogens with one attached hydrogen (secondary N) is 2. The smallest absolute Gasteiger partial charge is 0.338 e. The third kappa shape index (κ3) is 4.94. The molecule has 2 N–H and O–H groups in total. The summed E-state index contributed by atoms with van der Waals surface area (Å²) >= 11 is 5.32. The molecule has 1 aromatic heterocycles. The van der Waals surface area contributed by atoms with Crippen molar-refractivity contribution in [2.75, 3.05) is 18.5 Å². The zero-order chi connectivity index (χ0) is 23.3. The van der Waals surface area contributed by atoms with Crippen LogP contribution in [0.5, 0.6) is 0 Å². The Balaban J connectivity index is 1.69. The van der Waals surface area contributed by atoms with Crippen molar-refractivity contribution in [3.05, 3.63) is 54.0 Å². The highest BCUT2D eigenvalue weighted by Crippen LogP contribution is 2.20. The van der Waals surface area contributed by atoms with Gasteiger partial charge in [0.25, 0.3) is 5.91 Å². The van der Waals surface area contributed by atoms with Gasteiger partial charge in [-0.2, -0.15) is 0 Å². The summed E-state index contributed by atoms with van der Waals surface area (Å²) in [7, 11) is 0. The zero-order valence-corrected chi connectivity index (χ0v) is 18.3. The average Bonchev–Trinajstić information content (AvgIpc) is 3.38. The molecular weight excluding hydrogens is 436 g/mol. The normalized spacial score (nSPS) is 15.6. The van der Waals surface area contributed by atoms with E-state index in [2.05, 4.69) is 10.7 Å². The number of benzene rings is 1. The van der Waals surface area contributed by atoms with Crippen molar-refractivity contribution in [2.45, 2.75) is 26.3 Å². The minimum atomic E-state index is -1.01. The molecule has 1 aromatic carbocycles. The minimum Gasteiger partial charge on any atom is -0.462 e. The number of esters is 1. The van der Waals surface area contributed by atoms with Crippen LogP contribution in [0.15, 0.2) is 47.1 Å². The van der Waals surface area contributed by atoms with Crippen LogP contribution in [0.4, 0.5) is 5.69 Å². The van der Waals surface area contributed by atoms with Crippen LogP contribution in [-0.2, 0) is 14.3 Å². The Kier molecular flexibility index (Phi) is 7.21. The summed E-state index contributed by atoms with van der Waals surface area (Å²) in [5.74, 6) is -1.88. The molecule has 1 aliphatic heterocycles. The fraction of sp³-hybridized carbons (Fsp3) is 0.286. The maximum Gasteiger partial charge on any atom is 0.338 e. The molecule has 1 atom stereocenters. The van der Waals surface area contributed by atoms with E-state index in [0.29, 0.717) is 11.3 Å². The van der Waals surface area contributed by atoms with E-state index in [4.69, 9.17) is 21.4 Å². The molecule has 1 fully saturated rings. The predicted octanol–water partition coefficient (Wildman–Crippen LogP) is 1.95. The molecule has 1 aliphatic rings. The third-order valence-electron chi connectivity index (χ3n) is 4.64. The Morgan fingerprint density at radius 2 is 1.88 bits per heavy atom. The lowest BCUT2D eigenvalue weighted by Crippen LogP contribution is -2.49. The fourth-order valence-electron chi connectivity index (χ4n) is 3.11. The van der Waals surface area contributed by atoms with E-state index < -0.39 is 29.7 Å². The summed E-state index contributed by atoms with van der Waals surface area (Å²) < 4.78 is 9.99. The quantitative estimate of drug-likeness (QED) is 0.455. The summed E-state index contributed by atoms with van der Waals surface area (Å²) in [6.45, 7) is 4.00. The van der Waals surface area contributed by atoms with E-state index in [1.165, 1.54) is 34.4 Å². The third-order valence-corrected chi connectivity index (χ3v) is 5.06. The van der Waals surface area contributed by atoms with Crippen LogP contribution in [0.2, 0.25) is 0 Å². The molecule has 0 bridgehead atoms. The van der Waals surface area contributed by atoms with Crippen molar-refractivity contribution in [2.24, 2.45) is 0 Å². The van der Waals surface area contributed by atoms with Gasteiger partial charge in [0.2, 0.25) is 5.91 Å². The van der Waals surface area contributed by atoms with Crippen molar-refractivity contribution in [3.8, 4) is 0 Å². The van der Waals surface area contributed by atoms with E-state index >= 15 is 0 Å². The monoisotopic (exact) mass is 458 g/mol. The summed E-state index contributed by atoms with van der Waals surface area (Å²) in [4.78, 5) is 50.8. The number of furan rings is 1. The number of carbonyl (C=O) groups excluding carboxylic acids is 4. The lowest BCUT2D eigenvalue weighted by Gasteiger charge is -2.23. The van der Waals surface area contributed by atoms with Gasteiger partial charge in [-0.1, -0.05) is 0 Å². The standard InChI is InChI=1S/C21H22N4O6S/c1-3-24-19(28)15(25(21(24)32)23-18(27)16-6-5-11-31-16)12-17(26)22-14-9-7-13(8-10-14)20(29)30-4-2/h5-11,15H,3-4,12H2,1-2H3,(H,22,26)(H,23,27). The molecule has 168 valence electrons. The Morgan fingerprint density at radius 1 is 1.16 bits per heavy atom. The lowest BCUT2D eigenvalue weighted by atomic mass is 10.1. The molecule has 1 saturated heterocycles. The molecule has 1 unspecified atom stereocenters. The Morgan fingerprint density at radius 3 is 2.47 bits per heavy atom. The minimum absolute atomic E-state index is 0.0417. The Labute approximate surface area is 189 Å². The van der Waals surface area contributed by atoms with Gasteiger partial charge in [-0.25, -0.2) is 9.80 Å². The van der Waals surface area contributed by atoms with Crippen LogP contribution in [0.25, 0.3) is 0 Å². The van der Waals surface area contributed by atoms with Gasteiger partial charge in [-0.15, -0.1) is 0 Å². The molecule has 32 heavy (non-hydrogen) atoms. The van der Waals surface area contributed by atoms with E-state index in [9.17, 15) is 19.2 Å². The molecule has 2 aromatic rings. The highest BCUT2D eigenvalue weighted by Gasteiger charge is 2.44. The van der Waals surface area contributed by atoms with Crippen LogP contribution in [-0.4, -0.2) is 57.9 Å². The number of hydrogen-bond acceptors (Lipinski definition) is 7. The number of likely N-dealkylation sites (N-methyl/N-ethyl adjacent to an activating group) is 1. The van der Waals surface area contributed by atoms with Crippen LogP contribution in [0, 0.1) is 0 Å². The lowest BCUT2D eigenvalue weighted by molar-refractivity contribution is -0.130. The van der Waals surface area contributed by atoms with Crippen LogP contribution < -0.4 is 10.7 Å². The number of ether oxygens (including phenoxy) is 1. The zero-order valence-electron chi connectivity index (χ0n) is 17.5. The number of hydrazine groups is 1. The highest BCUT2D eigenvalue weighted by atomic mass is 32.1. The summed E-state index contributed by atoms with van der Waals surface area (Å²) in [5, 5.41) is 3.97. The SMILES string of the molecule is CCOC(=O)c1ccc(NC(=O)CC2C(=O)N(CC)C(=S)N2NC(=O)c2ccco2)cc1. The first kappa shape index (κ1) is 22.9. The molecule has 3 rings (SSSR count). The van der Waals surface area contributed by atoms with Gasteiger partial charge in [-0.05, 0) is 62.5 Å². The first-order chi connectivity index (χ1) is 15.3. The van der Waals surface area contributed by atoms with Crippen molar-refractivity contribution in [3.63, 3.8) is 0 Å². The topological polar surface area (TPSA) is 121 Å². The van der Waals surface area contributed by atoms with Gasteiger partial charge in [-0.3, -0.25) is 24.7 Å². The van der Waals surface area contributed by atoms with Gasteiger partial charge < -0.3 is 14.5 Å². The first-order valence-corrected chi connectivity index (χ1v) is 10.3.